The third-order valence-corrected chi connectivity index (χ3v) is 3.19. The molecule has 184 valence electrons. The van der Waals surface area contributed by atoms with Gasteiger partial charge in [0.05, 0.1) is 11.4 Å². The number of rotatable bonds is 0. The molecule has 0 atom stereocenters. The van der Waals surface area contributed by atoms with Crippen LogP contribution in [0.25, 0.3) is 0 Å². The van der Waals surface area contributed by atoms with Gasteiger partial charge in [0.1, 0.15) is 0 Å². The Balaban J connectivity index is -0.0000000990. The van der Waals surface area contributed by atoms with Gasteiger partial charge < -0.3 is 0 Å². The van der Waals surface area contributed by atoms with Gasteiger partial charge in [-0.3, -0.25) is 15.0 Å². The second kappa shape index (κ2) is 28.5. The van der Waals surface area contributed by atoms with E-state index in [4.69, 9.17) is 0 Å². The molecule has 0 amide bonds. The topological polar surface area (TPSA) is 38.7 Å². The third-order valence-electron chi connectivity index (χ3n) is 3.19. The van der Waals surface area contributed by atoms with Crippen molar-refractivity contribution < 1.29 is 0 Å². The first-order valence-electron chi connectivity index (χ1n) is 11.0. The molecule has 0 radical (unpaired) electrons. The smallest absolute Gasteiger partial charge is 0.0555 e. The van der Waals surface area contributed by atoms with Gasteiger partial charge in [0.25, 0.3) is 0 Å². The van der Waals surface area contributed by atoms with Gasteiger partial charge in [0.15, 0.2) is 0 Å². The molecular weight excluding hydrogens is 390 g/mol. The predicted octanol–water partition coefficient (Wildman–Crippen LogP) is 9.45. The average molecular weight is 444 g/mol. The Bertz CT molecular complexity index is 534. The number of pyridine rings is 1. The van der Waals surface area contributed by atoms with Gasteiger partial charge in [-0.2, -0.15) is 0 Å². The van der Waals surface area contributed by atoms with Crippen LogP contribution in [0.3, 0.4) is 0 Å². The van der Waals surface area contributed by atoms with Crippen molar-refractivity contribution in [3.05, 3.63) is 88.8 Å². The Morgan fingerprint density at radius 2 is 0.656 bits per heavy atom. The van der Waals surface area contributed by atoms with E-state index >= 15 is 0 Å². The summed E-state index contributed by atoms with van der Waals surface area (Å²) in [5, 5.41) is 0. The summed E-state index contributed by atoms with van der Waals surface area (Å²) in [4.78, 5) is 12.1. The summed E-state index contributed by atoms with van der Waals surface area (Å²) in [7, 11) is 0. The van der Waals surface area contributed by atoms with Gasteiger partial charge in [-0.25, -0.2) is 0 Å². The number of aromatic nitrogens is 3. The molecule has 0 saturated carbocycles. The van der Waals surface area contributed by atoms with Crippen LogP contribution < -0.4 is 0 Å². The maximum atomic E-state index is 4.08. The maximum Gasteiger partial charge on any atom is 0.0555 e. The SMILES string of the molecule is C.C.CC.CC.CC.Cc1ccc(C)cc1.Cc1ccc(C)nc1.Cc1cnc(C)cn1. The summed E-state index contributed by atoms with van der Waals surface area (Å²) in [5.41, 5.74) is 6.89. The summed E-state index contributed by atoms with van der Waals surface area (Å²) in [6.07, 6.45) is 5.39. The van der Waals surface area contributed by atoms with Gasteiger partial charge >= 0.3 is 0 Å². The van der Waals surface area contributed by atoms with Gasteiger partial charge in [0, 0.05) is 24.3 Å². The standard InChI is InChI=1S/C8H10.C7H9N.C6H8N2.3C2H6.2CH4/c1-7-3-5-8(2)6-4-7;1-6-3-4-7(2)8-5-6;1-5-3-8-6(2)4-7-5;3*1-2;;/h3-6H,1-2H3;3-5H,1-2H3;3-4H,1-2H3;3*1-2H3;2*1H4. The zero-order valence-corrected chi connectivity index (χ0v) is 21.5. The van der Waals surface area contributed by atoms with Crippen LogP contribution in [0.4, 0.5) is 0 Å². The van der Waals surface area contributed by atoms with Crippen LogP contribution in [0.15, 0.2) is 55.0 Å². The summed E-state index contributed by atoms with van der Waals surface area (Å²) in [6.45, 7) is 24.1. The lowest BCUT2D eigenvalue weighted by molar-refractivity contribution is 1.06. The van der Waals surface area contributed by atoms with Crippen LogP contribution in [0.5, 0.6) is 0 Å². The van der Waals surface area contributed by atoms with Crippen molar-refractivity contribution in [3.63, 3.8) is 0 Å². The van der Waals surface area contributed by atoms with Crippen molar-refractivity contribution in [2.75, 3.05) is 0 Å². The fourth-order valence-corrected chi connectivity index (χ4v) is 1.64. The largest absolute Gasteiger partial charge is 0.261 e. The molecule has 0 N–H and O–H groups in total. The lowest BCUT2D eigenvalue weighted by Gasteiger charge is -1.90. The Hall–Kier alpha value is -2.55. The number of benzene rings is 1. The van der Waals surface area contributed by atoms with E-state index in [-0.39, 0.29) is 14.9 Å². The van der Waals surface area contributed by atoms with Gasteiger partial charge in [-0.1, -0.05) is 97.9 Å². The minimum atomic E-state index is 0. The van der Waals surface area contributed by atoms with Crippen molar-refractivity contribution >= 4 is 0 Å². The van der Waals surface area contributed by atoms with E-state index in [1.165, 1.54) is 16.7 Å². The number of nitrogens with zero attached hydrogens (tertiary/aromatic N) is 3. The molecule has 1 aromatic carbocycles. The normalized spacial score (nSPS) is 7.50. The molecule has 2 heterocycles. The average Bonchev–Trinajstić information content (AvgIpc) is 2.79. The molecule has 3 rings (SSSR count). The summed E-state index contributed by atoms with van der Waals surface area (Å²) in [5.74, 6) is 0. The fraction of sp³-hybridized carbons (Fsp3) is 0.483. The van der Waals surface area contributed by atoms with E-state index in [1.807, 2.05) is 81.5 Å². The molecule has 0 spiro atoms. The van der Waals surface area contributed by atoms with Crippen molar-refractivity contribution in [3.8, 4) is 0 Å². The summed E-state index contributed by atoms with van der Waals surface area (Å²) in [6, 6.07) is 12.5. The zero-order valence-electron chi connectivity index (χ0n) is 21.5. The predicted molar refractivity (Wildman–Crippen MR) is 149 cm³/mol. The molecule has 0 aliphatic carbocycles. The Labute approximate surface area is 201 Å². The van der Waals surface area contributed by atoms with Crippen LogP contribution in [-0.4, -0.2) is 15.0 Å². The maximum absolute atomic E-state index is 4.08. The highest BCUT2D eigenvalue weighted by molar-refractivity contribution is 5.19. The van der Waals surface area contributed by atoms with Crippen molar-refractivity contribution in [1.29, 1.82) is 0 Å². The highest BCUT2D eigenvalue weighted by Gasteiger charge is 1.83. The van der Waals surface area contributed by atoms with Crippen LogP contribution in [0, 0.1) is 41.5 Å². The molecule has 3 heteroatoms. The zero-order chi connectivity index (χ0) is 23.9. The van der Waals surface area contributed by atoms with E-state index in [9.17, 15) is 0 Å². The van der Waals surface area contributed by atoms with E-state index < -0.39 is 0 Å². The molecular formula is C29H53N3. The summed E-state index contributed by atoms with van der Waals surface area (Å²) < 4.78 is 0. The molecule has 0 unspecified atom stereocenters. The number of hydrogen-bond acceptors (Lipinski definition) is 3. The summed E-state index contributed by atoms with van der Waals surface area (Å²) >= 11 is 0. The minimum Gasteiger partial charge on any atom is -0.261 e. The Kier molecular flexibility index (Phi) is 35.5. The number of aryl methyl sites for hydroxylation is 6. The molecule has 3 aromatic rings. The molecule has 2 aromatic heterocycles. The van der Waals surface area contributed by atoms with Crippen molar-refractivity contribution in [2.24, 2.45) is 0 Å². The quantitative estimate of drug-likeness (QED) is 0.347. The lowest BCUT2D eigenvalue weighted by atomic mass is 10.2. The molecule has 0 fully saturated rings. The van der Waals surface area contributed by atoms with Crippen LogP contribution in [0.2, 0.25) is 0 Å². The van der Waals surface area contributed by atoms with E-state index in [0.717, 1.165) is 17.1 Å². The van der Waals surface area contributed by atoms with Gasteiger partial charge in [0.2, 0.25) is 0 Å². The molecule has 3 nitrogen and oxygen atoms in total. The highest BCUT2D eigenvalue weighted by Crippen LogP contribution is 1.99. The van der Waals surface area contributed by atoms with Crippen molar-refractivity contribution in [2.45, 2.75) is 97.9 Å². The lowest BCUT2D eigenvalue weighted by Crippen LogP contribution is -1.84. The molecule has 0 aliphatic rings. The highest BCUT2D eigenvalue weighted by atomic mass is 14.8. The first-order chi connectivity index (χ1) is 14.4. The molecule has 0 aliphatic heterocycles. The third kappa shape index (κ3) is 25.5. The molecule has 0 saturated heterocycles. The van der Waals surface area contributed by atoms with Gasteiger partial charge in [-0.05, 0) is 53.2 Å². The first kappa shape index (κ1) is 39.9. The van der Waals surface area contributed by atoms with Crippen LogP contribution in [-0.2, 0) is 0 Å². The number of hydrogen-bond donors (Lipinski definition) is 0. The monoisotopic (exact) mass is 443 g/mol. The van der Waals surface area contributed by atoms with Gasteiger partial charge in [-0.15, -0.1) is 0 Å². The van der Waals surface area contributed by atoms with Crippen LogP contribution in [0.1, 0.15) is 90.2 Å². The van der Waals surface area contributed by atoms with E-state index in [1.54, 1.807) is 12.4 Å². The van der Waals surface area contributed by atoms with E-state index in [2.05, 4.69) is 59.1 Å². The van der Waals surface area contributed by atoms with Crippen LogP contribution >= 0.6 is 0 Å². The second-order valence-corrected chi connectivity index (χ2v) is 5.93. The minimum absolute atomic E-state index is 0. The Morgan fingerprint density at radius 1 is 0.375 bits per heavy atom. The Morgan fingerprint density at radius 3 is 0.875 bits per heavy atom. The second-order valence-electron chi connectivity index (χ2n) is 5.93. The molecule has 32 heavy (non-hydrogen) atoms. The fourth-order valence-electron chi connectivity index (χ4n) is 1.64. The van der Waals surface area contributed by atoms with Crippen molar-refractivity contribution in [1.82, 2.24) is 15.0 Å². The molecule has 0 bridgehead atoms. The first-order valence-corrected chi connectivity index (χ1v) is 11.0. The van der Waals surface area contributed by atoms with E-state index in [0.29, 0.717) is 0 Å².